The standard InChI is InChI=1S/C24H25N7O4/c1-4-16-7-15(5-6-34-16)31-22-21-18(8-17(32)19(27-21)13-9-25-29(2)11-13)35-23(22)20(28-24(31)33)14-10-26-30(3)12-14/h8-12,15-16H,4-7H2,1-3H3,(H,28,33). The monoisotopic (exact) mass is 475 g/mol. The highest BCUT2D eigenvalue weighted by Crippen LogP contribution is 2.36. The van der Waals surface area contributed by atoms with Crippen molar-refractivity contribution < 1.29 is 9.15 Å². The van der Waals surface area contributed by atoms with Gasteiger partial charge in [0.05, 0.1) is 24.2 Å². The summed E-state index contributed by atoms with van der Waals surface area (Å²) in [6, 6.07) is 1.34. The van der Waals surface area contributed by atoms with E-state index in [2.05, 4.69) is 22.1 Å². The Bertz CT molecular complexity index is 1690. The van der Waals surface area contributed by atoms with Gasteiger partial charge in [-0.15, -0.1) is 0 Å². The summed E-state index contributed by atoms with van der Waals surface area (Å²) >= 11 is 0. The van der Waals surface area contributed by atoms with Crippen molar-refractivity contribution in [3.8, 4) is 22.5 Å². The Morgan fingerprint density at radius 2 is 1.86 bits per heavy atom. The number of hydrogen-bond donors (Lipinski definition) is 1. The smallest absolute Gasteiger partial charge is 0.326 e. The van der Waals surface area contributed by atoms with Crippen LogP contribution in [0.3, 0.4) is 0 Å². The molecule has 5 aromatic rings. The van der Waals surface area contributed by atoms with Gasteiger partial charge in [-0.05, 0) is 19.3 Å². The topological polar surface area (TPSA) is 126 Å². The van der Waals surface area contributed by atoms with E-state index < -0.39 is 0 Å². The van der Waals surface area contributed by atoms with E-state index in [0.717, 1.165) is 6.42 Å². The van der Waals surface area contributed by atoms with Crippen LogP contribution in [0.2, 0.25) is 0 Å². The fourth-order valence-electron chi connectivity index (χ4n) is 4.94. The lowest BCUT2D eigenvalue weighted by molar-refractivity contribution is -0.00710. The van der Waals surface area contributed by atoms with Crippen molar-refractivity contribution in [1.82, 2.24) is 34.1 Å². The maximum absolute atomic E-state index is 13.6. The van der Waals surface area contributed by atoms with Gasteiger partial charge in [0.15, 0.2) is 11.2 Å². The van der Waals surface area contributed by atoms with Gasteiger partial charge in [-0.3, -0.25) is 18.7 Å². The van der Waals surface area contributed by atoms with E-state index in [1.807, 2.05) is 0 Å². The second kappa shape index (κ2) is 8.05. The molecule has 2 atom stereocenters. The molecule has 0 spiro atoms. The van der Waals surface area contributed by atoms with Gasteiger partial charge < -0.3 is 14.1 Å². The zero-order valence-electron chi connectivity index (χ0n) is 19.7. The zero-order chi connectivity index (χ0) is 24.3. The van der Waals surface area contributed by atoms with Gasteiger partial charge in [-0.1, -0.05) is 6.92 Å². The van der Waals surface area contributed by atoms with Gasteiger partial charge in [0.25, 0.3) is 0 Å². The first kappa shape index (κ1) is 21.5. The van der Waals surface area contributed by atoms with Gasteiger partial charge in [-0.2, -0.15) is 10.2 Å². The maximum atomic E-state index is 13.6. The Morgan fingerprint density at radius 3 is 2.54 bits per heavy atom. The first-order chi connectivity index (χ1) is 16.9. The number of pyridine rings is 1. The van der Waals surface area contributed by atoms with Gasteiger partial charge in [0.2, 0.25) is 5.43 Å². The summed E-state index contributed by atoms with van der Waals surface area (Å²) in [5.74, 6) is 0. The van der Waals surface area contributed by atoms with Gasteiger partial charge in [0.1, 0.15) is 16.7 Å². The number of aromatic amines is 1. The predicted molar refractivity (Wildman–Crippen MR) is 129 cm³/mol. The van der Waals surface area contributed by atoms with Crippen LogP contribution in [0.25, 0.3) is 44.7 Å². The maximum Gasteiger partial charge on any atom is 0.326 e. The van der Waals surface area contributed by atoms with Crippen LogP contribution in [0, 0.1) is 0 Å². The summed E-state index contributed by atoms with van der Waals surface area (Å²) in [5.41, 5.74) is 3.35. The second-order valence-electron chi connectivity index (χ2n) is 9.02. The molecular formula is C24H25N7O4. The van der Waals surface area contributed by atoms with Crippen LogP contribution in [0.4, 0.5) is 0 Å². The number of ether oxygens (including phenoxy) is 1. The molecule has 0 aliphatic carbocycles. The molecule has 1 fully saturated rings. The van der Waals surface area contributed by atoms with Crippen LogP contribution in [-0.2, 0) is 18.8 Å². The minimum atomic E-state index is -0.275. The molecule has 1 aliphatic heterocycles. The van der Waals surface area contributed by atoms with E-state index in [1.54, 1.807) is 52.8 Å². The van der Waals surface area contributed by atoms with E-state index >= 15 is 0 Å². The number of fused-ring (bicyclic) bond motifs is 3. The third kappa shape index (κ3) is 3.50. The molecule has 0 amide bonds. The lowest BCUT2D eigenvalue weighted by atomic mass is 10.0. The molecule has 0 saturated carbocycles. The Labute approximate surface area is 199 Å². The van der Waals surface area contributed by atoms with E-state index in [1.165, 1.54) is 6.07 Å². The number of H-pyrrole nitrogens is 1. The van der Waals surface area contributed by atoms with Gasteiger partial charge in [0, 0.05) is 56.3 Å². The van der Waals surface area contributed by atoms with Crippen molar-refractivity contribution in [3.05, 3.63) is 51.6 Å². The highest BCUT2D eigenvalue weighted by atomic mass is 16.5. The summed E-state index contributed by atoms with van der Waals surface area (Å²) in [4.78, 5) is 34.3. The molecule has 1 aliphatic rings. The number of furan rings is 1. The van der Waals surface area contributed by atoms with E-state index in [0.29, 0.717) is 58.5 Å². The van der Waals surface area contributed by atoms with Crippen LogP contribution < -0.4 is 11.1 Å². The lowest BCUT2D eigenvalue weighted by Gasteiger charge is -2.30. The van der Waals surface area contributed by atoms with Crippen molar-refractivity contribution in [2.75, 3.05) is 6.61 Å². The molecule has 0 bridgehead atoms. The molecule has 11 nitrogen and oxygen atoms in total. The van der Waals surface area contributed by atoms with E-state index in [4.69, 9.17) is 14.1 Å². The SMILES string of the molecule is CCC1CC(n2c(=O)[nH]c(-c3cnn(C)c3)c3oc4cc(=O)c(-c5cnn(C)c5)nc4c32)CCO1. The normalized spacial score (nSPS) is 18.6. The largest absolute Gasteiger partial charge is 0.450 e. The fourth-order valence-corrected chi connectivity index (χ4v) is 4.94. The molecule has 5 aromatic heterocycles. The molecule has 11 heteroatoms. The van der Waals surface area contributed by atoms with Crippen molar-refractivity contribution in [2.45, 2.75) is 38.3 Å². The number of aromatic nitrogens is 7. The number of hydrogen-bond acceptors (Lipinski definition) is 7. The number of aryl methyl sites for hydroxylation is 2. The Hall–Kier alpha value is -3.99. The van der Waals surface area contributed by atoms with Crippen molar-refractivity contribution in [3.63, 3.8) is 0 Å². The first-order valence-corrected chi connectivity index (χ1v) is 11.6. The van der Waals surface area contributed by atoms with Crippen LogP contribution in [0.1, 0.15) is 32.2 Å². The third-order valence-corrected chi connectivity index (χ3v) is 6.65. The predicted octanol–water partition coefficient (Wildman–Crippen LogP) is 2.76. The highest BCUT2D eigenvalue weighted by Gasteiger charge is 2.29. The molecule has 6 heterocycles. The van der Waals surface area contributed by atoms with E-state index in [9.17, 15) is 9.59 Å². The zero-order valence-corrected chi connectivity index (χ0v) is 19.7. The van der Waals surface area contributed by atoms with Gasteiger partial charge >= 0.3 is 5.69 Å². The molecule has 1 saturated heterocycles. The average Bonchev–Trinajstić information content (AvgIpc) is 3.56. The fraction of sp³-hybridized carbons (Fsp3) is 0.375. The first-order valence-electron chi connectivity index (χ1n) is 11.6. The van der Waals surface area contributed by atoms with Crippen LogP contribution in [0.15, 0.2) is 44.9 Å². The molecular weight excluding hydrogens is 450 g/mol. The Morgan fingerprint density at radius 1 is 1.11 bits per heavy atom. The molecule has 1 N–H and O–H groups in total. The molecule has 6 rings (SSSR count). The summed E-state index contributed by atoms with van der Waals surface area (Å²) in [6.45, 7) is 2.64. The average molecular weight is 476 g/mol. The molecule has 0 aromatic carbocycles. The summed E-state index contributed by atoms with van der Waals surface area (Å²) < 4.78 is 17.1. The minimum absolute atomic E-state index is 0.0685. The molecule has 180 valence electrons. The Balaban J connectivity index is 1.68. The van der Waals surface area contributed by atoms with E-state index in [-0.39, 0.29) is 29.0 Å². The summed E-state index contributed by atoms with van der Waals surface area (Å²) in [7, 11) is 3.58. The van der Waals surface area contributed by atoms with Crippen molar-refractivity contribution in [1.29, 1.82) is 0 Å². The number of nitrogens with zero attached hydrogens (tertiary/aromatic N) is 6. The molecule has 0 radical (unpaired) electrons. The number of nitrogens with one attached hydrogen (secondary N) is 1. The second-order valence-corrected chi connectivity index (χ2v) is 9.02. The number of rotatable bonds is 4. The van der Waals surface area contributed by atoms with Crippen LogP contribution >= 0.6 is 0 Å². The van der Waals surface area contributed by atoms with Crippen LogP contribution in [-0.4, -0.2) is 46.8 Å². The third-order valence-electron chi connectivity index (χ3n) is 6.65. The Kier molecular flexibility index (Phi) is 4.95. The quantitative estimate of drug-likeness (QED) is 0.424. The minimum Gasteiger partial charge on any atom is -0.450 e. The molecule has 35 heavy (non-hydrogen) atoms. The highest BCUT2D eigenvalue weighted by molar-refractivity contribution is 6.05. The van der Waals surface area contributed by atoms with Crippen molar-refractivity contribution >= 4 is 22.2 Å². The summed E-state index contributed by atoms with van der Waals surface area (Å²) in [5, 5.41) is 8.42. The van der Waals surface area contributed by atoms with Crippen molar-refractivity contribution in [2.24, 2.45) is 14.1 Å². The molecule has 2 unspecified atom stereocenters. The summed E-state index contributed by atoms with van der Waals surface area (Å²) in [6.07, 6.45) is 9.13. The van der Waals surface area contributed by atoms with Gasteiger partial charge in [-0.25, -0.2) is 9.78 Å². The van der Waals surface area contributed by atoms with Crippen LogP contribution in [0.5, 0.6) is 0 Å². The lowest BCUT2D eigenvalue weighted by Crippen LogP contribution is -2.34.